The predicted octanol–water partition coefficient (Wildman–Crippen LogP) is 1.95. The molecule has 0 radical (unpaired) electrons. The van der Waals surface area contributed by atoms with E-state index in [2.05, 4.69) is 10.3 Å². The Bertz CT molecular complexity index is 592. The summed E-state index contributed by atoms with van der Waals surface area (Å²) in [5.74, 6) is 0.392. The molecule has 1 heterocycles. The molecule has 6 heteroatoms. The third-order valence-corrected chi connectivity index (χ3v) is 3.04. The number of amides is 1. The van der Waals surface area contributed by atoms with Crippen molar-refractivity contribution in [3.63, 3.8) is 0 Å². The summed E-state index contributed by atoms with van der Waals surface area (Å²) in [4.78, 5) is 16.1. The first-order chi connectivity index (χ1) is 10.1. The number of oxazole rings is 1. The summed E-state index contributed by atoms with van der Waals surface area (Å²) in [5, 5.41) is 2.77. The van der Waals surface area contributed by atoms with E-state index in [0.29, 0.717) is 24.6 Å². The topological polar surface area (TPSA) is 90.4 Å². The van der Waals surface area contributed by atoms with Gasteiger partial charge in [0.2, 0.25) is 5.91 Å². The molecule has 0 saturated heterocycles. The lowest BCUT2D eigenvalue weighted by Crippen LogP contribution is -2.36. The molecule has 0 aliphatic heterocycles. The molecule has 3 N–H and O–H groups in total. The molecular formula is C15H19N3O3. The van der Waals surface area contributed by atoms with E-state index in [9.17, 15) is 4.79 Å². The number of nitrogens with two attached hydrogens (primary N) is 1. The fraction of sp³-hybridized carbons (Fsp3) is 0.333. The van der Waals surface area contributed by atoms with E-state index >= 15 is 0 Å². The van der Waals surface area contributed by atoms with Gasteiger partial charge in [0.25, 0.3) is 0 Å². The van der Waals surface area contributed by atoms with E-state index in [0.717, 1.165) is 11.3 Å². The Hall–Kier alpha value is -2.18. The molecule has 6 nitrogen and oxygen atoms in total. The van der Waals surface area contributed by atoms with E-state index in [1.54, 1.807) is 32.4 Å². The molecule has 2 aromatic rings. The van der Waals surface area contributed by atoms with E-state index in [4.69, 9.17) is 14.9 Å². The Morgan fingerprint density at radius 1 is 1.43 bits per heavy atom. The highest BCUT2D eigenvalue weighted by molar-refractivity contribution is 5.94. The normalized spacial score (nSPS) is 12.1. The summed E-state index contributed by atoms with van der Waals surface area (Å²) < 4.78 is 10.1. The maximum atomic E-state index is 11.9. The lowest BCUT2D eigenvalue weighted by atomic mass is 10.1. The van der Waals surface area contributed by atoms with Gasteiger partial charge >= 0.3 is 0 Å². The first kappa shape index (κ1) is 15.2. The predicted molar refractivity (Wildman–Crippen MR) is 79.8 cm³/mol. The minimum absolute atomic E-state index is 0.225. The van der Waals surface area contributed by atoms with Crippen molar-refractivity contribution in [2.24, 2.45) is 5.73 Å². The summed E-state index contributed by atoms with van der Waals surface area (Å²) >= 11 is 0. The van der Waals surface area contributed by atoms with Crippen LogP contribution < -0.4 is 11.1 Å². The van der Waals surface area contributed by atoms with Crippen molar-refractivity contribution in [3.05, 3.63) is 36.4 Å². The SMILES string of the molecule is COCCC(N)C(=O)Nc1ccc(-c2coc(C)n2)cc1. The lowest BCUT2D eigenvalue weighted by molar-refractivity contribution is -0.117. The monoisotopic (exact) mass is 289 g/mol. The smallest absolute Gasteiger partial charge is 0.241 e. The van der Waals surface area contributed by atoms with Crippen molar-refractivity contribution >= 4 is 11.6 Å². The first-order valence-corrected chi connectivity index (χ1v) is 6.68. The summed E-state index contributed by atoms with van der Waals surface area (Å²) in [7, 11) is 1.58. The van der Waals surface area contributed by atoms with Crippen molar-refractivity contribution < 1.29 is 13.9 Å². The highest BCUT2D eigenvalue weighted by Crippen LogP contribution is 2.20. The zero-order valence-corrected chi connectivity index (χ0v) is 12.1. The number of nitrogens with one attached hydrogen (secondary N) is 1. The second-order valence-corrected chi connectivity index (χ2v) is 4.71. The molecule has 1 aromatic carbocycles. The summed E-state index contributed by atoms with van der Waals surface area (Å²) in [6, 6.07) is 6.77. The van der Waals surface area contributed by atoms with Gasteiger partial charge in [0.1, 0.15) is 12.0 Å². The maximum Gasteiger partial charge on any atom is 0.241 e. The van der Waals surface area contributed by atoms with Gasteiger partial charge in [-0.2, -0.15) is 0 Å². The van der Waals surface area contributed by atoms with E-state index in [1.165, 1.54) is 0 Å². The summed E-state index contributed by atoms with van der Waals surface area (Å²) in [6.45, 7) is 2.25. The van der Waals surface area contributed by atoms with Crippen LogP contribution in [0.15, 0.2) is 34.9 Å². The van der Waals surface area contributed by atoms with Gasteiger partial charge in [-0.05, 0) is 18.6 Å². The van der Waals surface area contributed by atoms with Gasteiger partial charge in [-0.3, -0.25) is 4.79 Å². The van der Waals surface area contributed by atoms with Gasteiger partial charge in [0, 0.05) is 31.9 Å². The van der Waals surface area contributed by atoms with Crippen LogP contribution >= 0.6 is 0 Å². The van der Waals surface area contributed by atoms with Crippen LogP contribution in [0, 0.1) is 6.92 Å². The average Bonchev–Trinajstić information content (AvgIpc) is 2.92. The molecule has 0 aliphatic rings. The van der Waals surface area contributed by atoms with Gasteiger partial charge < -0.3 is 20.2 Å². The number of nitrogens with zero attached hydrogens (tertiary/aromatic N) is 1. The number of aromatic nitrogens is 1. The molecule has 0 saturated carbocycles. The zero-order chi connectivity index (χ0) is 15.2. The Balaban J connectivity index is 1.97. The van der Waals surface area contributed by atoms with Crippen LogP contribution in [-0.4, -0.2) is 30.6 Å². The van der Waals surface area contributed by atoms with Gasteiger partial charge in [0.15, 0.2) is 5.89 Å². The molecule has 1 aromatic heterocycles. The zero-order valence-electron chi connectivity index (χ0n) is 12.1. The van der Waals surface area contributed by atoms with E-state index in [-0.39, 0.29) is 5.91 Å². The second-order valence-electron chi connectivity index (χ2n) is 4.71. The highest BCUT2D eigenvalue weighted by Gasteiger charge is 2.13. The number of aryl methyl sites for hydroxylation is 1. The molecule has 112 valence electrons. The lowest BCUT2D eigenvalue weighted by Gasteiger charge is -2.11. The molecule has 0 spiro atoms. The number of ether oxygens (including phenoxy) is 1. The van der Waals surface area contributed by atoms with Crippen molar-refractivity contribution in [1.82, 2.24) is 4.98 Å². The third-order valence-electron chi connectivity index (χ3n) is 3.04. The largest absolute Gasteiger partial charge is 0.449 e. The van der Waals surface area contributed by atoms with E-state index in [1.807, 2.05) is 12.1 Å². The maximum absolute atomic E-state index is 11.9. The first-order valence-electron chi connectivity index (χ1n) is 6.68. The minimum Gasteiger partial charge on any atom is -0.449 e. The van der Waals surface area contributed by atoms with Crippen LogP contribution in [0.25, 0.3) is 11.3 Å². The third kappa shape index (κ3) is 4.14. The fourth-order valence-corrected chi connectivity index (χ4v) is 1.83. The number of carbonyl (C=O) groups excluding carboxylic acids is 1. The Kier molecular flexibility index (Phi) is 5.08. The van der Waals surface area contributed by atoms with Gasteiger partial charge in [-0.25, -0.2) is 4.98 Å². The van der Waals surface area contributed by atoms with Crippen LogP contribution in [-0.2, 0) is 9.53 Å². The number of hydrogen-bond donors (Lipinski definition) is 2. The number of rotatable bonds is 6. The Morgan fingerprint density at radius 2 is 2.14 bits per heavy atom. The standard InChI is InChI=1S/C15H19N3O3/c1-10-17-14(9-21-10)11-3-5-12(6-4-11)18-15(19)13(16)7-8-20-2/h3-6,9,13H,7-8,16H2,1-2H3,(H,18,19). The summed E-state index contributed by atoms with van der Waals surface area (Å²) in [5.41, 5.74) is 8.14. The van der Waals surface area contributed by atoms with Crippen molar-refractivity contribution in [3.8, 4) is 11.3 Å². The van der Waals surface area contributed by atoms with Crippen LogP contribution in [0.2, 0.25) is 0 Å². The van der Waals surface area contributed by atoms with Crippen molar-refractivity contribution in [2.45, 2.75) is 19.4 Å². The van der Waals surface area contributed by atoms with Gasteiger partial charge in [-0.15, -0.1) is 0 Å². The molecule has 0 aliphatic carbocycles. The number of carbonyl (C=O) groups is 1. The summed E-state index contributed by atoms with van der Waals surface area (Å²) in [6.07, 6.45) is 2.09. The van der Waals surface area contributed by atoms with Crippen LogP contribution in [0.3, 0.4) is 0 Å². The van der Waals surface area contributed by atoms with E-state index < -0.39 is 6.04 Å². The van der Waals surface area contributed by atoms with Gasteiger partial charge in [-0.1, -0.05) is 12.1 Å². The molecule has 1 atom stereocenters. The van der Waals surface area contributed by atoms with Crippen molar-refractivity contribution in [2.75, 3.05) is 19.0 Å². The molecular weight excluding hydrogens is 270 g/mol. The quantitative estimate of drug-likeness (QED) is 0.848. The number of anilines is 1. The Morgan fingerprint density at radius 3 is 2.71 bits per heavy atom. The number of methoxy groups -OCH3 is 1. The molecule has 0 bridgehead atoms. The molecule has 1 unspecified atom stereocenters. The molecule has 0 fully saturated rings. The minimum atomic E-state index is -0.581. The second kappa shape index (κ2) is 7.01. The average molecular weight is 289 g/mol. The van der Waals surface area contributed by atoms with Crippen LogP contribution in [0.4, 0.5) is 5.69 Å². The van der Waals surface area contributed by atoms with Crippen LogP contribution in [0.1, 0.15) is 12.3 Å². The number of hydrogen-bond acceptors (Lipinski definition) is 5. The number of benzene rings is 1. The fourth-order valence-electron chi connectivity index (χ4n) is 1.83. The van der Waals surface area contributed by atoms with Gasteiger partial charge in [0.05, 0.1) is 6.04 Å². The molecule has 21 heavy (non-hydrogen) atoms. The van der Waals surface area contributed by atoms with Crippen LogP contribution in [0.5, 0.6) is 0 Å². The highest BCUT2D eigenvalue weighted by atomic mass is 16.5. The molecule has 1 amide bonds. The molecule has 2 rings (SSSR count). The van der Waals surface area contributed by atoms with Crippen molar-refractivity contribution in [1.29, 1.82) is 0 Å². The Labute approximate surface area is 123 Å².